The van der Waals surface area contributed by atoms with Crippen LogP contribution in [0.5, 0.6) is 0 Å². The highest BCUT2D eigenvalue weighted by molar-refractivity contribution is 6.07. The van der Waals surface area contributed by atoms with Crippen molar-refractivity contribution in [3.63, 3.8) is 0 Å². The van der Waals surface area contributed by atoms with Gasteiger partial charge in [0, 0.05) is 55.0 Å². The van der Waals surface area contributed by atoms with Gasteiger partial charge in [0.2, 0.25) is 5.56 Å². The minimum atomic E-state index is -4.94. The number of unbranched alkanes of at least 4 members (excludes halogenated alkanes) is 4. The predicted molar refractivity (Wildman–Crippen MR) is 172 cm³/mol. The molecule has 0 spiro atoms. The number of alkyl halides is 3. The number of carbonyl (C=O) groups excluding carboxylic acids is 2. The summed E-state index contributed by atoms with van der Waals surface area (Å²) in [6.45, 7) is 5.89. The Bertz CT molecular complexity index is 1590. The van der Waals surface area contributed by atoms with Crippen molar-refractivity contribution in [1.29, 1.82) is 0 Å². The number of hydrogen-bond donors (Lipinski definition) is 3. The van der Waals surface area contributed by atoms with E-state index in [-0.39, 0.29) is 34.7 Å². The fraction of sp³-hybridized carbons (Fsp3) is 0.441. The van der Waals surface area contributed by atoms with Crippen LogP contribution >= 0.6 is 0 Å². The molecular weight excluding hydrogens is 602 g/mol. The maximum atomic E-state index is 15.5. The van der Waals surface area contributed by atoms with Crippen LogP contribution in [0.3, 0.4) is 0 Å². The first-order valence-electron chi connectivity index (χ1n) is 15.6. The molecule has 0 saturated carbocycles. The largest absolute Gasteiger partial charge is 0.417 e. The number of ketones is 1. The van der Waals surface area contributed by atoms with Crippen LogP contribution in [0.25, 0.3) is 11.1 Å². The van der Waals surface area contributed by atoms with Crippen molar-refractivity contribution in [3.05, 3.63) is 81.5 Å². The Kier molecular flexibility index (Phi) is 11.4. The van der Waals surface area contributed by atoms with Gasteiger partial charge in [-0.2, -0.15) is 13.2 Å². The van der Waals surface area contributed by atoms with Gasteiger partial charge in [0.05, 0.1) is 22.5 Å². The van der Waals surface area contributed by atoms with E-state index in [1.165, 1.54) is 18.2 Å². The van der Waals surface area contributed by atoms with E-state index in [0.717, 1.165) is 31.9 Å². The molecule has 2 aromatic carbocycles. The molecule has 0 aliphatic carbocycles. The van der Waals surface area contributed by atoms with Gasteiger partial charge in [-0.15, -0.1) is 0 Å². The molecule has 1 amide bonds. The topological polar surface area (TPSA) is 112 Å². The van der Waals surface area contributed by atoms with Crippen molar-refractivity contribution in [1.82, 2.24) is 9.88 Å². The van der Waals surface area contributed by atoms with Gasteiger partial charge in [0.25, 0.3) is 5.91 Å². The number of aromatic amines is 1. The third kappa shape index (κ3) is 8.41. The number of benzene rings is 2. The molecule has 1 aliphatic heterocycles. The molecule has 0 radical (unpaired) electrons. The number of piperazine rings is 1. The summed E-state index contributed by atoms with van der Waals surface area (Å²) >= 11 is 0. The number of H-pyrrole nitrogens is 1. The summed E-state index contributed by atoms with van der Waals surface area (Å²) in [6.07, 6.45) is 0.629. The Balaban J connectivity index is 1.65. The van der Waals surface area contributed by atoms with Gasteiger partial charge in [-0.25, -0.2) is 4.39 Å². The number of anilines is 2. The molecule has 248 valence electrons. The number of Topliss-reactive ketones (excluding diaryl/α,β-unsaturated/α-hetero) is 1. The molecule has 12 heteroatoms. The monoisotopic (exact) mass is 643 g/mol. The summed E-state index contributed by atoms with van der Waals surface area (Å²) in [5.74, 6) is -1.88. The molecule has 0 unspecified atom stereocenters. The number of halogens is 4. The first-order valence-corrected chi connectivity index (χ1v) is 15.6. The normalized spacial score (nSPS) is 17.3. The quantitative estimate of drug-likeness (QED) is 0.119. The highest BCUT2D eigenvalue weighted by Crippen LogP contribution is 2.36. The molecule has 3 aromatic rings. The molecule has 4 rings (SSSR count). The number of likely N-dealkylation sites (N-methyl/N-ethyl adjacent to an activating group) is 1. The number of amides is 1. The van der Waals surface area contributed by atoms with Crippen molar-refractivity contribution in [2.75, 3.05) is 36.9 Å². The zero-order valence-corrected chi connectivity index (χ0v) is 26.3. The number of nitrogens with zero attached hydrogens (tertiary/aromatic N) is 2. The summed E-state index contributed by atoms with van der Waals surface area (Å²) in [5, 5.41) is 2.60. The number of hydrogen-bond acceptors (Lipinski definition) is 6. The molecule has 2 heterocycles. The Morgan fingerprint density at radius 1 is 0.978 bits per heavy atom. The van der Waals surface area contributed by atoms with Crippen LogP contribution in [0.1, 0.15) is 78.7 Å². The lowest BCUT2D eigenvalue weighted by molar-refractivity contribution is -0.138. The van der Waals surface area contributed by atoms with Gasteiger partial charge >= 0.3 is 6.18 Å². The van der Waals surface area contributed by atoms with Crippen molar-refractivity contribution in [2.24, 2.45) is 5.73 Å². The second-order valence-corrected chi connectivity index (χ2v) is 12.0. The second kappa shape index (κ2) is 15.0. The van der Waals surface area contributed by atoms with Gasteiger partial charge in [-0.05, 0) is 64.0 Å². The standard InChI is InChI=1S/C34H41F4N5O3/c1-21-19-43(20-22(2)42(21)3)30-13-11-23(16-29(30)41-33(46)26-18-40-32(45)17-27(26)34(36,37)38)25-12-10-24(15-28(25)35)31(44)9-7-5-4-6-8-14-39/h10-13,15-18,21-22H,4-9,14,19-20,39H2,1-3H3,(H,40,45)(H,41,46)/t21-,22+. The number of nitrogens with two attached hydrogens (primary N) is 1. The van der Waals surface area contributed by atoms with Gasteiger partial charge in [0.1, 0.15) is 5.82 Å². The number of rotatable bonds is 12. The number of nitrogens with one attached hydrogen (secondary N) is 2. The molecular formula is C34H41F4N5O3. The maximum absolute atomic E-state index is 15.5. The molecule has 46 heavy (non-hydrogen) atoms. The van der Waals surface area contributed by atoms with E-state index in [4.69, 9.17) is 5.73 Å². The fourth-order valence-corrected chi connectivity index (χ4v) is 5.79. The first-order chi connectivity index (χ1) is 21.8. The van der Waals surface area contributed by atoms with Gasteiger partial charge < -0.3 is 20.9 Å². The highest BCUT2D eigenvalue weighted by atomic mass is 19.4. The van der Waals surface area contributed by atoms with E-state index in [9.17, 15) is 27.6 Å². The Morgan fingerprint density at radius 2 is 1.65 bits per heavy atom. The Labute approximate surface area is 266 Å². The van der Waals surface area contributed by atoms with E-state index < -0.39 is 34.6 Å². The van der Waals surface area contributed by atoms with Crippen LogP contribution in [0, 0.1) is 5.82 Å². The zero-order chi connectivity index (χ0) is 33.6. The van der Waals surface area contributed by atoms with Crippen molar-refractivity contribution in [3.8, 4) is 11.1 Å². The van der Waals surface area contributed by atoms with Crippen molar-refractivity contribution >= 4 is 23.1 Å². The summed E-state index contributed by atoms with van der Waals surface area (Å²) in [6, 6.07) is 9.76. The van der Waals surface area contributed by atoms with E-state index in [1.54, 1.807) is 18.2 Å². The Hall–Kier alpha value is -4.03. The highest BCUT2D eigenvalue weighted by Gasteiger charge is 2.36. The predicted octanol–water partition coefficient (Wildman–Crippen LogP) is 6.46. The van der Waals surface area contributed by atoms with Crippen LogP contribution in [0.4, 0.5) is 28.9 Å². The molecule has 1 saturated heterocycles. The van der Waals surface area contributed by atoms with E-state index in [2.05, 4.69) is 15.2 Å². The molecule has 0 bridgehead atoms. The zero-order valence-electron chi connectivity index (χ0n) is 26.3. The lowest BCUT2D eigenvalue weighted by Gasteiger charge is -2.44. The molecule has 1 fully saturated rings. The number of aromatic nitrogens is 1. The fourth-order valence-electron chi connectivity index (χ4n) is 5.79. The van der Waals surface area contributed by atoms with Gasteiger partial charge in [-0.3, -0.25) is 19.3 Å². The summed E-state index contributed by atoms with van der Waals surface area (Å²) in [7, 11) is 2.01. The lowest BCUT2D eigenvalue weighted by Crippen LogP contribution is -2.55. The first kappa shape index (κ1) is 34.8. The molecule has 2 atom stereocenters. The maximum Gasteiger partial charge on any atom is 0.417 e. The lowest BCUT2D eigenvalue weighted by atomic mass is 9.98. The molecule has 1 aliphatic rings. The van der Waals surface area contributed by atoms with E-state index >= 15 is 4.39 Å². The average molecular weight is 644 g/mol. The molecule has 4 N–H and O–H groups in total. The van der Waals surface area contributed by atoms with Gasteiger partial charge in [0.15, 0.2) is 5.78 Å². The van der Waals surface area contributed by atoms with E-state index in [0.29, 0.717) is 49.8 Å². The molecule has 8 nitrogen and oxygen atoms in total. The van der Waals surface area contributed by atoms with Crippen LogP contribution in [0.15, 0.2) is 53.5 Å². The summed E-state index contributed by atoms with van der Waals surface area (Å²) in [5.41, 5.74) is 3.92. The minimum Gasteiger partial charge on any atom is -0.367 e. The molecule has 1 aromatic heterocycles. The number of carbonyl (C=O) groups is 2. The van der Waals surface area contributed by atoms with Crippen LogP contribution in [0.2, 0.25) is 0 Å². The van der Waals surface area contributed by atoms with Crippen LogP contribution < -0.4 is 21.5 Å². The van der Waals surface area contributed by atoms with Crippen molar-refractivity contribution in [2.45, 2.75) is 70.6 Å². The summed E-state index contributed by atoms with van der Waals surface area (Å²) in [4.78, 5) is 44.1. The third-order valence-electron chi connectivity index (χ3n) is 8.63. The Morgan fingerprint density at radius 3 is 2.30 bits per heavy atom. The second-order valence-electron chi connectivity index (χ2n) is 12.0. The third-order valence-corrected chi connectivity index (χ3v) is 8.63. The smallest absolute Gasteiger partial charge is 0.367 e. The number of pyridine rings is 1. The van der Waals surface area contributed by atoms with Crippen molar-refractivity contribution < 1.29 is 27.2 Å². The SMILES string of the molecule is C[C@@H]1CN(c2ccc(-c3ccc(C(=O)CCCCCCCN)cc3F)cc2NC(=O)c2c[nH]c(=O)cc2C(F)(F)F)C[C@H](C)N1C. The minimum absolute atomic E-state index is 0.136. The summed E-state index contributed by atoms with van der Waals surface area (Å²) < 4.78 is 56.7. The van der Waals surface area contributed by atoms with Crippen LogP contribution in [-0.4, -0.2) is 60.3 Å². The van der Waals surface area contributed by atoms with Crippen LogP contribution in [-0.2, 0) is 6.18 Å². The van der Waals surface area contributed by atoms with Gasteiger partial charge in [-0.1, -0.05) is 37.5 Å². The average Bonchev–Trinajstić information content (AvgIpc) is 3.00. The van der Waals surface area contributed by atoms with E-state index in [1.807, 2.05) is 25.8 Å².